The summed E-state index contributed by atoms with van der Waals surface area (Å²) >= 11 is 0. The number of hydrogen-bond donors (Lipinski definition) is 0. The third kappa shape index (κ3) is 0.122. The molecule has 0 radical (unpaired) electrons. The Balaban J connectivity index is 2.29. The van der Waals surface area contributed by atoms with Crippen molar-refractivity contribution in [3.63, 3.8) is 0 Å². The molecule has 0 aromatic carbocycles. The number of fused-ring (bicyclic) bond motifs is 1. The summed E-state index contributed by atoms with van der Waals surface area (Å²) in [4.78, 5) is 10.3. The molecular formula is C5H6O. The lowest BCUT2D eigenvalue weighted by atomic mass is 10.0. The second-order valence-corrected chi connectivity index (χ2v) is 2.19. The van der Waals surface area contributed by atoms with Crippen LogP contribution in [-0.2, 0) is 4.79 Å². The van der Waals surface area contributed by atoms with Crippen molar-refractivity contribution in [1.82, 2.24) is 0 Å². The zero-order chi connectivity index (χ0) is 4.15. The number of hydrogen-bond acceptors (Lipinski definition) is 1. The van der Waals surface area contributed by atoms with Gasteiger partial charge in [0.25, 0.3) is 0 Å². The lowest BCUT2D eigenvalue weighted by molar-refractivity contribution is -0.111. The Kier molecular flexibility index (Phi) is 0.256. The molecule has 32 valence electrons. The Labute approximate surface area is 36.3 Å². The average Bonchev–Trinajstić information content (AvgIpc) is 1.63. The lowest BCUT2D eigenvalue weighted by Crippen LogP contribution is -1.93. The maximum Gasteiger partial charge on any atom is 0.140 e. The fourth-order valence-corrected chi connectivity index (χ4v) is 1.13. The molecule has 0 aliphatic heterocycles. The highest BCUT2D eigenvalue weighted by Gasteiger charge is 2.55. The predicted octanol–water partition coefficient (Wildman–Crippen LogP) is 0.595. The topological polar surface area (TPSA) is 17.1 Å². The van der Waals surface area contributed by atoms with E-state index in [1.165, 1.54) is 12.8 Å². The molecule has 6 heavy (non-hydrogen) atoms. The van der Waals surface area contributed by atoms with Gasteiger partial charge in [0.05, 0.1) is 0 Å². The molecule has 2 rings (SSSR count). The van der Waals surface area contributed by atoms with Crippen LogP contribution in [0.4, 0.5) is 0 Å². The molecular weight excluding hydrogens is 76.1 g/mol. The largest absolute Gasteiger partial charge is 0.299 e. The van der Waals surface area contributed by atoms with E-state index in [-0.39, 0.29) is 0 Å². The fraction of sp³-hybridized carbons (Fsp3) is 0.800. The van der Waals surface area contributed by atoms with E-state index >= 15 is 0 Å². The van der Waals surface area contributed by atoms with Crippen LogP contribution in [0, 0.1) is 11.8 Å². The smallest absolute Gasteiger partial charge is 0.140 e. The molecule has 0 heterocycles. The molecule has 0 saturated heterocycles. The van der Waals surface area contributed by atoms with Crippen molar-refractivity contribution < 1.29 is 4.79 Å². The van der Waals surface area contributed by atoms with Crippen LogP contribution in [-0.4, -0.2) is 5.78 Å². The second-order valence-electron chi connectivity index (χ2n) is 2.19. The number of carbonyl (C=O) groups is 1. The first kappa shape index (κ1) is 2.78. The molecule has 0 N–H and O–H groups in total. The van der Waals surface area contributed by atoms with Crippen molar-refractivity contribution in [2.24, 2.45) is 11.8 Å². The minimum Gasteiger partial charge on any atom is -0.299 e. The van der Waals surface area contributed by atoms with Gasteiger partial charge in [0.15, 0.2) is 0 Å². The zero-order valence-electron chi connectivity index (χ0n) is 3.48. The van der Waals surface area contributed by atoms with Crippen molar-refractivity contribution in [3.8, 4) is 0 Å². The summed E-state index contributed by atoms with van der Waals surface area (Å²) in [7, 11) is 0. The third-order valence-electron chi connectivity index (χ3n) is 1.90. The molecule has 1 heteroatoms. The molecule has 0 aromatic heterocycles. The van der Waals surface area contributed by atoms with E-state index in [0.29, 0.717) is 17.6 Å². The van der Waals surface area contributed by atoms with E-state index in [9.17, 15) is 4.79 Å². The summed E-state index contributed by atoms with van der Waals surface area (Å²) < 4.78 is 0. The predicted molar refractivity (Wildman–Crippen MR) is 21.2 cm³/mol. The molecule has 1 nitrogen and oxygen atoms in total. The maximum absolute atomic E-state index is 10.3. The first-order valence-corrected chi connectivity index (χ1v) is 2.43. The van der Waals surface area contributed by atoms with Crippen molar-refractivity contribution in [2.75, 3.05) is 0 Å². The van der Waals surface area contributed by atoms with Gasteiger partial charge in [-0.25, -0.2) is 0 Å². The van der Waals surface area contributed by atoms with Crippen molar-refractivity contribution >= 4 is 5.78 Å². The molecule has 2 unspecified atom stereocenters. The summed E-state index contributed by atoms with van der Waals surface area (Å²) in [6, 6.07) is 0. The second kappa shape index (κ2) is 0.552. The minimum atomic E-state index is 0.537. The minimum absolute atomic E-state index is 0.537. The van der Waals surface area contributed by atoms with Gasteiger partial charge in [-0.2, -0.15) is 0 Å². The highest BCUT2D eigenvalue weighted by atomic mass is 16.1. The fourth-order valence-electron chi connectivity index (χ4n) is 1.13. The van der Waals surface area contributed by atoms with Gasteiger partial charge >= 0.3 is 0 Å². The molecule has 2 fully saturated rings. The average molecular weight is 82.1 g/mol. The molecule has 2 aliphatic rings. The van der Waals surface area contributed by atoms with Crippen molar-refractivity contribution in [2.45, 2.75) is 12.8 Å². The number of ketones is 1. The van der Waals surface area contributed by atoms with E-state index in [0.717, 1.165) is 0 Å². The third-order valence-corrected chi connectivity index (χ3v) is 1.90. The zero-order valence-corrected chi connectivity index (χ0v) is 3.48. The van der Waals surface area contributed by atoms with Crippen LogP contribution in [0.2, 0.25) is 0 Å². The van der Waals surface area contributed by atoms with Gasteiger partial charge in [0, 0.05) is 11.8 Å². The van der Waals surface area contributed by atoms with E-state index in [1.807, 2.05) is 0 Å². The molecule has 2 saturated carbocycles. The van der Waals surface area contributed by atoms with E-state index in [4.69, 9.17) is 0 Å². The normalized spacial score (nSPS) is 50.3. The highest BCUT2D eigenvalue weighted by Crippen LogP contribution is 2.51. The van der Waals surface area contributed by atoms with Gasteiger partial charge in [0.2, 0.25) is 0 Å². The molecule has 0 spiro atoms. The number of carbonyl (C=O) groups excluding carboxylic acids is 1. The van der Waals surface area contributed by atoms with Crippen molar-refractivity contribution in [3.05, 3.63) is 0 Å². The Morgan fingerprint density at radius 2 is 1.83 bits per heavy atom. The number of rotatable bonds is 0. The quantitative estimate of drug-likeness (QED) is 0.418. The van der Waals surface area contributed by atoms with Crippen LogP contribution in [0.5, 0.6) is 0 Å². The van der Waals surface area contributed by atoms with Crippen LogP contribution in [0.1, 0.15) is 12.8 Å². The SMILES string of the molecule is O=C1C2CCC12. The standard InChI is InChI=1S/C5H6O/c6-5-3-1-2-4(3)5/h3-4H,1-2H2. The van der Waals surface area contributed by atoms with Gasteiger partial charge in [-0.05, 0) is 12.8 Å². The summed E-state index contributed by atoms with van der Waals surface area (Å²) in [5.41, 5.74) is 0. The lowest BCUT2D eigenvalue weighted by Gasteiger charge is -2.01. The Morgan fingerprint density at radius 1 is 1.33 bits per heavy atom. The Morgan fingerprint density at radius 3 is 1.83 bits per heavy atom. The molecule has 0 bridgehead atoms. The van der Waals surface area contributed by atoms with Gasteiger partial charge in [-0.3, -0.25) is 4.79 Å². The Bertz CT molecular complexity index is 94.5. The number of Topliss-reactive ketones (excluding diaryl/α,β-unsaturated/α-hetero) is 1. The monoisotopic (exact) mass is 82.0 g/mol. The molecule has 0 amide bonds. The summed E-state index contributed by atoms with van der Waals surface area (Å²) in [6.45, 7) is 0. The van der Waals surface area contributed by atoms with Crippen molar-refractivity contribution in [1.29, 1.82) is 0 Å². The van der Waals surface area contributed by atoms with Crippen LogP contribution < -0.4 is 0 Å². The van der Waals surface area contributed by atoms with E-state index in [2.05, 4.69) is 0 Å². The molecule has 2 aliphatic carbocycles. The van der Waals surface area contributed by atoms with Crippen LogP contribution >= 0.6 is 0 Å². The molecule has 0 aromatic rings. The van der Waals surface area contributed by atoms with Gasteiger partial charge in [-0.1, -0.05) is 0 Å². The summed E-state index contributed by atoms with van der Waals surface area (Å²) in [5.74, 6) is 1.66. The molecule has 2 atom stereocenters. The van der Waals surface area contributed by atoms with Gasteiger partial charge < -0.3 is 0 Å². The van der Waals surface area contributed by atoms with Crippen LogP contribution in [0.15, 0.2) is 0 Å². The van der Waals surface area contributed by atoms with E-state index in [1.54, 1.807) is 0 Å². The van der Waals surface area contributed by atoms with Gasteiger partial charge in [0.1, 0.15) is 5.78 Å². The highest BCUT2D eigenvalue weighted by molar-refractivity contribution is 6.01. The Hall–Kier alpha value is -0.330. The maximum atomic E-state index is 10.3. The first-order chi connectivity index (χ1) is 2.89. The summed E-state index contributed by atoms with van der Waals surface area (Å²) in [5, 5.41) is 0. The summed E-state index contributed by atoms with van der Waals surface area (Å²) in [6.07, 6.45) is 2.40. The van der Waals surface area contributed by atoms with Crippen LogP contribution in [0.25, 0.3) is 0 Å². The van der Waals surface area contributed by atoms with E-state index < -0.39 is 0 Å². The van der Waals surface area contributed by atoms with Crippen LogP contribution in [0.3, 0.4) is 0 Å². The first-order valence-electron chi connectivity index (χ1n) is 2.43. The van der Waals surface area contributed by atoms with Gasteiger partial charge in [-0.15, -0.1) is 0 Å².